The molecule has 0 aliphatic carbocycles. The molecule has 0 aromatic heterocycles. The van der Waals surface area contributed by atoms with E-state index in [2.05, 4.69) is 36.2 Å². The van der Waals surface area contributed by atoms with E-state index in [-0.39, 0.29) is 6.10 Å². The number of β-amino-alcohol motifs (C(OH)–C–C–N with tert-alkyl or cyclic N) is 1. The zero-order valence-corrected chi connectivity index (χ0v) is 9.78. The number of rotatable bonds is 3. The maximum atomic E-state index is 9.78. The number of hydrogen-bond donors (Lipinski definition) is 1. The van der Waals surface area contributed by atoms with Crippen LogP contribution in [0.25, 0.3) is 0 Å². The summed E-state index contributed by atoms with van der Waals surface area (Å²) in [6.45, 7) is 1.83. The van der Waals surface area contributed by atoms with E-state index in [9.17, 15) is 5.11 Å². The first-order valence-corrected chi connectivity index (χ1v) is 6.29. The van der Waals surface area contributed by atoms with Crippen molar-refractivity contribution in [2.45, 2.75) is 11.0 Å². The molecular formula is C12H17NOS. The Hall–Kier alpha value is -0.510. The van der Waals surface area contributed by atoms with Crippen LogP contribution in [-0.2, 0) is 0 Å². The van der Waals surface area contributed by atoms with Crippen LogP contribution in [-0.4, -0.2) is 42.0 Å². The van der Waals surface area contributed by atoms with Gasteiger partial charge < -0.3 is 10.0 Å². The van der Waals surface area contributed by atoms with Crippen molar-refractivity contribution in [1.82, 2.24) is 4.90 Å². The van der Waals surface area contributed by atoms with Crippen molar-refractivity contribution in [3.63, 3.8) is 0 Å². The summed E-state index contributed by atoms with van der Waals surface area (Å²) in [6, 6.07) is 10.4. The number of likely N-dealkylation sites (tertiary alicyclic amines) is 1. The fourth-order valence-corrected chi connectivity index (χ4v) is 3.03. The average Bonchev–Trinajstić information content (AvgIpc) is 2.56. The molecule has 1 aliphatic heterocycles. The van der Waals surface area contributed by atoms with Crippen molar-refractivity contribution >= 4 is 11.8 Å². The molecule has 1 aliphatic rings. The summed E-state index contributed by atoms with van der Waals surface area (Å²) >= 11 is 1.84. The van der Waals surface area contributed by atoms with Gasteiger partial charge in [0.2, 0.25) is 0 Å². The van der Waals surface area contributed by atoms with E-state index < -0.39 is 0 Å². The molecule has 2 atom stereocenters. The van der Waals surface area contributed by atoms with E-state index in [4.69, 9.17) is 0 Å². The molecule has 0 unspecified atom stereocenters. The Morgan fingerprint density at radius 2 is 2.07 bits per heavy atom. The highest BCUT2D eigenvalue weighted by molar-refractivity contribution is 7.99. The van der Waals surface area contributed by atoms with Gasteiger partial charge in [-0.2, -0.15) is 0 Å². The Morgan fingerprint density at radius 1 is 1.33 bits per heavy atom. The third-order valence-corrected chi connectivity index (χ3v) is 4.00. The van der Waals surface area contributed by atoms with Gasteiger partial charge >= 0.3 is 0 Å². The Bertz CT molecular complexity index is 304. The van der Waals surface area contributed by atoms with Crippen molar-refractivity contribution in [3.05, 3.63) is 30.3 Å². The van der Waals surface area contributed by atoms with E-state index >= 15 is 0 Å². The zero-order valence-electron chi connectivity index (χ0n) is 8.97. The summed E-state index contributed by atoms with van der Waals surface area (Å²) < 4.78 is 0. The van der Waals surface area contributed by atoms with Crippen molar-refractivity contribution in [2.24, 2.45) is 5.92 Å². The first-order valence-electron chi connectivity index (χ1n) is 5.30. The SMILES string of the molecule is CN1C[C@@H](CSc2ccccc2)[C@H](O)C1. The Labute approximate surface area is 95.3 Å². The normalized spacial score (nSPS) is 27.1. The van der Waals surface area contributed by atoms with Crippen LogP contribution < -0.4 is 0 Å². The van der Waals surface area contributed by atoms with E-state index in [0.717, 1.165) is 18.8 Å². The molecule has 2 nitrogen and oxygen atoms in total. The molecule has 1 N–H and O–H groups in total. The largest absolute Gasteiger partial charge is 0.391 e. The standard InChI is InChI=1S/C12H17NOS/c1-13-7-10(12(14)8-13)9-15-11-5-3-2-4-6-11/h2-6,10,12,14H,7-9H2,1H3/t10-,12+/m0/s1. The van der Waals surface area contributed by atoms with Gasteiger partial charge in [-0.25, -0.2) is 0 Å². The molecule has 0 bridgehead atoms. The van der Waals surface area contributed by atoms with Gasteiger partial charge in [-0.05, 0) is 19.2 Å². The summed E-state index contributed by atoms with van der Waals surface area (Å²) in [4.78, 5) is 3.49. The highest BCUT2D eigenvalue weighted by Crippen LogP contribution is 2.25. The minimum absolute atomic E-state index is 0.147. The van der Waals surface area contributed by atoms with Crippen LogP contribution in [0.1, 0.15) is 0 Å². The molecule has 3 heteroatoms. The van der Waals surface area contributed by atoms with Crippen molar-refractivity contribution < 1.29 is 5.11 Å². The molecule has 0 amide bonds. The fourth-order valence-electron chi connectivity index (χ4n) is 1.95. The van der Waals surface area contributed by atoms with Crippen LogP contribution in [0.15, 0.2) is 35.2 Å². The van der Waals surface area contributed by atoms with Gasteiger partial charge in [0, 0.05) is 29.7 Å². The Balaban J connectivity index is 1.84. The third-order valence-electron chi connectivity index (χ3n) is 2.80. The lowest BCUT2D eigenvalue weighted by Gasteiger charge is -2.12. The lowest BCUT2D eigenvalue weighted by atomic mass is 10.1. The van der Waals surface area contributed by atoms with Crippen molar-refractivity contribution in [2.75, 3.05) is 25.9 Å². The molecule has 1 heterocycles. The molecule has 0 saturated carbocycles. The number of nitrogens with zero attached hydrogens (tertiary/aromatic N) is 1. The number of thioether (sulfide) groups is 1. The van der Waals surface area contributed by atoms with Crippen molar-refractivity contribution in [3.8, 4) is 0 Å². The summed E-state index contributed by atoms with van der Waals surface area (Å²) in [6.07, 6.45) is -0.147. The van der Waals surface area contributed by atoms with Crippen LogP contribution >= 0.6 is 11.8 Å². The summed E-state index contributed by atoms with van der Waals surface area (Å²) in [5.41, 5.74) is 0. The number of hydrogen-bond acceptors (Lipinski definition) is 3. The van der Waals surface area contributed by atoms with E-state index in [1.54, 1.807) is 0 Å². The maximum Gasteiger partial charge on any atom is 0.0715 e. The highest BCUT2D eigenvalue weighted by Gasteiger charge is 2.28. The number of benzene rings is 1. The van der Waals surface area contributed by atoms with Gasteiger partial charge in [-0.3, -0.25) is 0 Å². The van der Waals surface area contributed by atoms with Crippen LogP contribution in [0.5, 0.6) is 0 Å². The fraction of sp³-hybridized carbons (Fsp3) is 0.500. The Morgan fingerprint density at radius 3 is 2.67 bits per heavy atom. The van der Waals surface area contributed by atoms with Crippen LogP contribution in [0.2, 0.25) is 0 Å². The molecule has 2 rings (SSSR count). The molecule has 1 fully saturated rings. The van der Waals surface area contributed by atoms with E-state index in [1.807, 2.05) is 17.8 Å². The number of aliphatic hydroxyl groups excluding tert-OH is 1. The van der Waals surface area contributed by atoms with Gasteiger partial charge in [0.05, 0.1) is 6.10 Å². The molecule has 0 radical (unpaired) electrons. The van der Waals surface area contributed by atoms with Crippen LogP contribution in [0, 0.1) is 5.92 Å². The minimum Gasteiger partial charge on any atom is -0.391 e. The number of likely N-dealkylation sites (N-methyl/N-ethyl adjacent to an activating group) is 1. The first kappa shape index (κ1) is 11.0. The Kier molecular flexibility index (Phi) is 3.67. The molecule has 0 spiro atoms. The third kappa shape index (κ3) is 2.97. The monoisotopic (exact) mass is 223 g/mol. The second kappa shape index (κ2) is 5.01. The molecule has 1 saturated heterocycles. The maximum absolute atomic E-state index is 9.78. The molecular weight excluding hydrogens is 206 g/mol. The van der Waals surface area contributed by atoms with Gasteiger partial charge in [0.15, 0.2) is 0 Å². The summed E-state index contributed by atoms with van der Waals surface area (Å²) in [5, 5.41) is 9.78. The smallest absolute Gasteiger partial charge is 0.0715 e. The summed E-state index contributed by atoms with van der Waals surface area (Å²) in [7, 11) is 2.07. The van der Waals surface area contributed by atoms with Crippen LogP contribution in [0.3, 0.4) is 0 Å². The van der Waals surface area contributed by atoms with Gasteiger partial charge in [-0.15, -0.1) is 11.8 Å². The molecule has 1 aromatic carbocycles. The van der Waals surface area contributed by atoms with Gasteiger partial charge in [0.1, 0.15) is 0 Å². The predicted octanol–water partition coefficient (Wildman–Crippen LogP) is 1.70. The first-order chi connectivity index (χ1) is 7.25. The average molecular weight is 223 g/mol. The topological polar surface area (TPSA) is 23.5 Å². The van der Waals surface area contributed by atoms with Gasteiger partial charge in [0.25, 0.3) is 0 Å². The second-order valence-corrected chi connectivity index (χ2v) is 5.27. The second-order valence-electron chi connectivity index (χ2n) is 4.17. The zero-order chi connectivity index (χ0) is 10.7. The van der Waals surface area contributed by atoms with E-state index in [1.165, 1.54) is 4.90 Å². The quantitative estimate of drug-likeness (QED) is 0.789. The molecule has 82 valence electrons. The minimum atomic E-state index is -0.147. The number of aliphatic hydroxyl groups is 1. The van der Waals surface area contributed by atoms with Crippen molar-refractivity contribution in [1.29, 1.82) is 0 Å². The van der Waals surface area contributed by atoms with E-state index in [0.29, 0.717) is 5.92 Å². The molecule has 1 aromatic rings. The highest BCUT2D eigenvalue weighted by atomic mass is 32.2. The molecule has 15 heavy (non-hydrogen) atoms. The predicted molar refractivity (Wildman–Crippen MR) is 64.2 cm³/mol. The van der Waals surface area contributed by atoms with Gasteiger partial charge in [-0.1, -0.05) is 18.2 Å². The lowest BCUT2D eigenvalue weighted by molar-refractivity contribution is 0.152. The van der Waals surface area contributed by atoms with Crippen LogP contribution in [0.4, 0.5) is 0 Å². The summed E-state index contributed by atoms with van der Waals surface area (Å²) in [5.74, 6) is 1.43. The lowest BCUT2D eigenvalue weighted by Crippen LogP contribution is -2.19.